The number of likely N-dealkylation sites (tertiary alicyclic amines) is 1. The Hall–Kier alpha value is -0.900. The smallest absolute Gasteiger partial charge is 0.234 e. The summed E-state index contributed by atoms with van der Waals surface area (Å²) in [6.45, 7) is 11.3. The van der Waals surface area contributed by atoms with Crippen LogP contribution in [-0.2, 0) is 9.59 Å². The van der Waals surface area contributed by atoms with E-state index in [0.29, 0.717) is 18.5 Å². The molecule has 19 heavy (non-hydrogen) atoms. The highest BCUT2D eigenvalue weighted by Gasteiger charge is 2.27. The van der Waals surface area contributed by atoms with Crippen LogP contribution < -0.4 is 5.32 Å². The van der Waals surface area contributed by atoms with Crippen molar-refractivity contribution in [3.8, 4) is 0 Å². The van der Waals surface area contributed by atoms with Gasteiger partial charge in [-0.2, -0.15) is 0 Å². The molecule has 1 heterocycles. The number of nitrogens with one attached hydrogen (secondary N) is 1. The number of carbonyl (C=O) groups is 2. The van der Waals surface area contributed by atoms with Crippen molar-refractivity contribution in [2.75, 3.05) is 13.1 Å². The molecule has 1 aliphatic heterocycles. The zero-order chi connectivity index (χ0) is 14.6. The minimum Gasteiger partial charge on any atom is -0.345 e. The molecule has 3 atom stereocenters. The van der Waals surface area contributed by atoms with Crippen molar-refractivity contribution in [2.24, 2.45) is 11.8 Å². The van der Waals surface area contributed by atoms with Crippen LogP contribution in [0.1, 0.15) is 47.5 Å². The van der Waals surface area contributed by atoms with Gasteiger partial charge >= 0.3 is 0 Å². The molecule has 0 aromatic heterocycles. The number of rotatable bonds is 5. The van der Waals surface area contributed by atoms with E-state index in [1.807, 2.05) is 13.8 Å². The Balaban J connectivity index is 2.52. The second kappa shape index (κ2) is 7.04. The number of nitrogens with zero attached hydrogens (tertiary/aromatic N) is 1. The first kappa shape index (κ1) is 16.2. The first-order valence-corrected chi connectivity index (χ1v) is 7.36. The Morgan fingerprint density at radius 3 is 2.47 bits per heavy atom. The predicted molar refractivity (Wildman–Crippen MR) is 76.9 cm³/mol. The number of hydrogen-bond donors (Lipinski definition) is 1. The maximum atomic E-state index is 12.1. The van der Waals surface area contributed by atoms with Crippen LogP contribution in [-0.4, -0.2) is 41.8 Å². The van der Waals surface area contributed by atoms with Gasteiger partial charge in [-0.15, -0.1) is 0 Å². The van der Waals surface area contributed by atoms with E-state index in [0.717, 1.165) is 13.0 Å². The summed E-state index contributed by atoms with van der Waals surface area (Å²) in [5.41, 5.74) is 0. The van der Waals surface area contributed by atoms with Crippen molar-refractivity contribution in [3.63, 3.8) is 0 Å². The number of ketones is 1. The number of hydrogen-bond acceptors (Lipinski definition) is 3. The van der Waals surface area contributed by atoms with Crippen LogP contribution >= 0.6 is 0 Å². The molecule has 0 aliphatic carbocycles. The summed E-state index contributed by atoms with van der Waals surface area (Å²) in [7, 11) is 0. The van der Waals surface area contributed by atoms with Gasteiger partial charge in [0.15, 0.2) is 5.78 Å². The summed E-state index contributed by atoms with van der Waals surface area (Å²) in [6.07, 6.45) is 2.39. The van der Waals surface area contributed by atoms with Crippen molar-refractivity contribution in [2.45, 2.75) is 59.5 Å². The van der Waals surface area contributed by atoms with Gasteiger partial charge in [0.25, 0.3) is 0 Å². The summed E-state index contributed by atoms with van der Waals surface area (Å²) in [6, 6.07) is 0.0827. The first-order valence-electron chi connectivity index (χ1n) is 7.36. The summed E-state index contributed by atoms with van der Waals surface area (Å²) >= 11 is 0. The lowest BCUT2D eigenvalue weighted by Crippen LogP contribution is -2.51. The summed E-state index contributed by atoms with van der Waals surface area (Å²) in [5.74, 6) is 0.771. The molecule has 3 unspecified atom stereocenters. The molecule has 1 aliphatic rings. The van der Waals surface area contributed by atoms with Crippen LogP contribution in [0.25, 0.3) is 0 Å². The highest BCUT2D eigenvalue weighted by atomic mass is 16.2. The van der Waals surface area contributed by atoms with Gasteiger partial charge in [-0.25, -0.2) is 0 Å². The molecular weight excluding hydrogens is 240 g/mol. The average Bonchev–Trinajstić information content (AvgIpc) is 2.31. The number of carbonyl (C=O) groups excluding carboxylic acids is 2. The number of amides is 1. The fraction of sp³-hybridized carbons (Fsp3) is 0.867. The van der Waals surface area contributed by atoms with Crippen LogP contribution in [0.15, 0.2) is 0 Å². The standard InChI is InChI=1S/C15H28N2O2/c1-10(2)15(13(5)18)16-14(19)9-17-8-6-7-11(3)12(17)4/h10-12,15H,6-9H2,1-5H3,(H,16,19). The molecule has 0 radical (unpaired) electrons. The molecule has 4 heteroatoms. The summed E-state index contributed by atoms with van der Waals surface area (Å²) in [5, 5.41) is 2.87. The number of piperidine rings is 1. The second-order valence-electron chi connectivity index (χ2n) is 6.23. The molecule has 0 spiro atoms. The van der Waals surface area contributed by atoms with E-state index >= 15 is 0 Å². The van der Waals surface area contributed by atoms with E-state index in [1.54, 1.807) is 0 Å². The third-order valence-corrected chi connectivity index (χ3v) is 4.27. The summed E-state index contributed by atoms with van der Waals surface area (Å²) in [4.78, 5) is 25.8. The van der Waals surface area contributed by atoms with Gasteiger partial charge in [-0.3, -0.25) is 14.5 Å². The largest absolute Gasteiger partial charge is 0.345 e. The zero-order valence-corrected chi connectivity index (χ0v) is 12.9. The highest BCUT2D eigenvalue weighted by molar-refractivity contribution is 5.88. The van der Waals surface area contributed by atoms with E-state index < -0.39 is 0 Å². The molecule has 0 aromatic carbocycles. The van der Waals surface area contributed by atoms with Crippen molar-refractivity contribution in [3.05, 3.63) is 0 Å². The van der Waals surface area contributed by atoms with Gasteiger partial charge in [0, 0.05) is 6.04 Å². The van der Waals surface area contributed by atoms with Gasteiger partial charge in [0.05, 0.1) is 12.6 Å². The van der Waals surface area contributed by atoms with Crippen molar-refractivity contribution in [1.29, 1.82) is 0 Å². The van der Waals surface area contributed by atoms with E-state index in [9.17, 15) is 9.59 Å². The van der Waals surface area contributed by atoms with Gasteiger partial charge in [-0.1, -0.05) is 20.8 Å². The molecular formula is C15H28N2O2. The van der Waals surface area contributed by atoms with Crippen LogP contribution in [0, 0.1) is 11.8 Å². The normalized spacial score (nSPS) is 26.2. The molecule has 0 saturated carbocycles. The second-order valence-corrected chi connectivity index (χ2v) is 6.23. The SMILES string of the molecule is CC(=O)C(NC(=O)CN1CCCC(C)C1C)C(C)C. The van der Waals surface area contributed by atoms with Crippen molar-refractivity contribution in [1.82, 2.24) is 10.2 Å². The molecule has 4 nitrogen and oxygen atoms in total. The molecule has 0 bridgehead atoms. The molecule has 1 fully saturated rings. The van der Waals surface area contributed by atoms with Crippen molar-refractivity contribution < 1.29 is 9.59 Å². The topological polar surface area (TPSA) is 49.4 Å². The third-order valence-electron chi connectivity index (χ3n) is 4.27. The fourth-order valence-corrected chi connectivity index (χ4v) is 2.79. The number of Topliss-reactive ketones (excluding diaryl/α,β-unsaturated/α-hetero) is 1. The van der Waals surface area contributed by atoms with Crippen LogP contribution in [0.2, 0.25) is 0 Å². The maximum absolute atomic E-state index is 12.1. The van der Waals surface area contributed by atoms with Gasteiger partial charge in [-0.05, 0) is 45.1 Å². The van der Waals surface area contributed by atoms with E-state index in [4.69, 9.17) is 0 Å². The van der Waals surface area contributed by atoms with E-state index in [1.165, 1.54) is 13.3 Å². The van der Waals surface area contributed by atoms with E-state index in [2.05, 4.69) is 24.1 Å². The maximum Gasteiger partial charge on any atom is 0.234 e. The van der Waals surface area contributed by atoms with Crippen LogP contribution in [0.5, 0.6) is 0 Å². The van der Waals surface area contributed by atoms with Crippen LogP contribution in [0.4, 0.5) is 0 Å². The lowest BCUT2D eigenvalue weighted by atomic mass is 9.92. The summed E-state index contributed by atoms with van der Waals surface area (Å²) < 4.78 is 0. The molecule has 110 valence electrons. The Bertz CT molecular complexity index is 328. The molecule has 1 rings (SSSR count). The fourth-order valence-electron chi connectivity index (χ4n) is 2.79. The van der Waals surface area contributed by atoms with Crippen LogP contribution in [0.3, 0.4) is 0 Å². The Kier molecular flexibility index (Phi) is 5.98. The molecule has 0 aromatic rings. The first-order chi connectivity index (χ1) is 8.82. The molecule has 1 saturated heterocycles. The zero-order valence-electron chi connectivity index (χ0n) is 12.9. The van der Waals surface area contributed by atoms with Gasteiger partial charge in [0.2, 0.25) is 5.91 Å². The molecule has 1 N–H and O–H groups in total. The minimum absolute atomic E-state index is 0.0309. The van der Waals surface area contributed by atoms with Gasteiger partial charge < -0.3 is 5.32 Å². The molecule has 1 amide bonds. The Morgan fingerprint density at radius 1 is 1.32 bits per heavy atom. The quantitative estimate of drug-likeness (QED) is 0.827. The average molecular weight is 268 g/mol. The monoisotopic (exact) mass is 268 g/mol. The van der Waals surface area contributed by atoms with E-state index in [-0.39, 0.29) is 23.7 Å². The minimum atomic E-state index is -0.356. The lowest BCUT2D eigenvalue weighted by Gasteiger charge is -2.37. The Labute approximate surface area is 116 Å². The Morgan fingerprint density at radius 2 is 1.95 bits per heavy atom. The third kappa shape index (κ3) is 4.60. The highest BCUT2D eigenvalue weighted by Crippen LogP contribution is 2.22. The lowest BCUT2D eigenvalue weighted by molar-refractivity contribution is -0.129. The predicted octanol–water partition coefficient (Wildman–Crippen LogP) is 1.84. The van der Waals surface area contributed by atoms with Gasteiger partial charge in [0.1, 0.15) is 0 Å². The van der Waals surface area contributed by atoms with Crippen molar-refractivity contribution >= 4 is 11.7 Å².